The molecule has 10 aromatic rings. The van der Waals surface area contributed by atoms with Gasteiger partial charge >= 0.3 is 0 Å². The molecule has 0 saturated heterocycles. The van der Waals surface area contributed by atoms with E-state index in [1.165, 1.54) is 70.1 Å². The van der Waals surface area contributed by atoms with Crippen molar-refractivity contribution in [1.29, 1.82) is 0 Å². The minimum Gasteiger partial charge on any atom is -0.310 e. The Labute approximate surface area is 300 Å². The molecule has 0 N–H and O–H groups in total. The molecule has 240 valence electrons. The van der Waals surface area contributed by atoms with Crippen LogP contribution in [0.1, 0.15) is 0 Å². The minimum absolute atomic E-state index is 1.11. The summed E-state index contributed by atoms with van der Waals surface area (Å²) in [6.07, 6.45) is 0. The van der Waals surface area contributed by atoms with Crippen LogP contribution in [0.3, 0.4) is 0 Å². The van der Waals surface area contributed by atoms with Gasteiger partial charge in [0.25, 0.3) is 0 Å². The summed E-state index contributed by atoms with van der Waals surface area (Å²) in [4.78, 5) is 3.65. The van der Waals surface area contributed by atoms with Gasteiger partial charge in [-0.25, -0.2) is 0 Å². The van der Waals surface area contributed by atoms with E-state index >= 15 is 0 Å². The number of hydrogen-bond donors (Lipinski definition) is 0. The Kier molecular flexibility index (Phi) is 7.04. The van der Waals surface area contributed by atoms with Crippen LogP contribution in [0.4, 0.5) is 17.1 Å². The van der Waals surface area contributed by atoms with Gasteiger partial charge in [-0.1, -0.05) is 146 Å². The van der Waals surface area contributed by atoms with Gasteiger partial charge in [0.15, 0.2) is 0 Å². The monoisotopic (exact) mass is 668 g/mol. The Balaban J connectivity index is 1.15. The van der Waals surface area contributed by atoms with Crippen LogP contribution in [0.25, 0.3) is 70.1 Å². The molecule has 2 aromatic heterocycles. The zero-order valence-electron chi connectivity index (χ0n) is 27.8. The third-order valence-corrected chi connectivity index (χ3v) is 11.1. The maximum absolute atomic E-state index is 2.46. The number of benzene rings is 8. The molecule has 0 saturated carbocycles. The van der Waals surface area contributed by atoms with Crippen LogP contribution >= 0.6 is 11.3 Å². The molecule has 0 unspecified atom stereocenters. The van der Waals surface area contributed by atoms with E-state index in [2.05, 4.69) is 203 Å². The van der Waals surface area contributed by atoms with E-state index in [9.17, 15) is 0 Å². The lowest BCUT2D eigenvalue weighted by atomic mass is 9.98. The molecule has 0 aliphatic heterocycles. The molecule has 0 aliphatic carbocycles. The average Bonchev–Trinajstić information content (AvgIpc) is 3.73. The summed E-state index contributed by atoms with van der Waals surface area (Å²) < 4.78 is 3.73. The summed E-state index contributed by atoms with van der Waals surface area (Å²) in [5.74, 6) is 0. The number of nitrogens with zero attached hydrogens (tertiary/aromatic N) is 2. The highest BCUT2D eigenvalue weighted by atomic mass is 32.1. The molecule has 0 fully saturated rings. The van der Waals surface area contributed by atoms with Crippen molar-refractivity contribution in [3.8, 4) is 33.4 Å². The lowest BCUT2D eigenvalue weighted by molar-refractivity contribution is 1.28. The van der Waals surface area contributed by atoms with Crippen LogP contribution in [0, 0.1) is 0 Å². The van der Waals surface area contributed by atoms with Crippen LogP contribution in [0.2, 0.25) is 0 Å². The Morgan fingerprint density at radius 2 is 0.961 bits per heavy atom. The molecule has 0 atom stereocenters. The second-order valence-electron chi connectivity index (χ2n) is 13.0. The number of fused-ring (bicyclic) bond motifs is 6. The summed E-state index contributed by atoms with van der Waals surface area (Å²) in [6.45, 7) is 0. The van der Waals surface area contributed by atoms with Crippen molar-refractivity contribution < 1.29 is 0 Å². The Bertz CT molecular complexity index is 2820. The quantitative estimate of drug-likeness (QED) is 0.171. The number of rotatable bonds is 6. The highest BCUT2D eigenvalue weighted by Crippen LogP contribution is 2.44. The predicted molar refractivity (Wildman–Crippen MR) is 219 cm³/mol. The van der Waals surface area contributed by atoms with E-state index < -0.39 is 0 Å². The third kappa shape index (κ3) is 5.01. The van der Waals surface area contributed by atoms with Gasteiger partial charge < -0.3 is 4.90 Å². The maximum Gasteiger partial charge on any atom is 0.109 e. The molecule has 0 spiro atoms. The first-order valence-electron chi connectivity index (χ1n) is 17.4. The van der Waals surface area contributed by atoms with Crippen molar-refractivity contribution in [3.05, 3.63) is 194 Å². The molecule has 2 nitrogen and oxygen atoms in total. The molecule has 0 bridgehead atoms. The molecule has 0 amide bonds. The molecular weight excluding hydrogens is 637 g/mol. The van der Waals surface area contributed by atoms with Crippen molar-refractivity contribution in [1.82, 2.24) is 4.40 Å². The third-order valence-electron chi connectivity index (χ3n) is 10.0. The first-order valence-corrected chi connectivity index (χ1v) is 18.2. The predicted octanol–water partition coefficient (Wildman–Crippen LogP) is 13.9. The number of hydrogen-bond acceptors (Lipinski definition) is 2. The van der Waals surface area contributed by atoms with Crippen molar-refractivity contribution in [2.24, 2.45) is 0 Å². The molecule has 0 radical (unpaired) electrons. The van der Waals surface area contributed by atoms with Crippen LogP contribution in [0.5, 0.6) is 0 Å². The smallest absolute Gasteiger partial charge is 0.109 e. The summed E-state index contributed by atoms with van der Waals surface area (Å²) in [5, 5.41) is 3.80. The molecule has 3 heteroatoms. The van der Waals surface area contributed by atoms with Crippen molar-refractivity contribution >= 4 is 65.1 Å². The van der Waals surface area contributed by atoms with E-state index in [0.29, 0.717) is 0 Å². The zero-order valence-corrected chi connectivity index (χ0v) is 28.6. The SMILES string of the molecule is c1ccc(-c2ccc(N(c3ccc(-c4cccc5ccccc45)cc3)c3ccc4sc5c(-c6ccccc6)c6ccccc6n5c4c3)cc2)cc1. The van der Waals surface area contributed by atoms with Gasteiger partial charge in [-0.05, 0) is 87.1 Å². The second-order valence-corrected chi connectivity index (χ2v) is 14.0. The lowest BCUT2D eigenvalue weighted by Gasteiger charge is -2.26. The van der Waals surface area contributed by atoms with Crippen molar-refractivity contribution in [3.63, 3.8) is 0 Å². The topological polar surface area (TPSA) is 7.65 Å². The molecule has 10 rings (SSSR count). The van der Waals surface area contributed by atoms with E-state index in [0.717, 1.165) is 17.1 Å². The number of thiazole rings is 1. The van der Waals surface area contributed by atoms with Crippen LogP contribution in [-0.2, 0) is 0 Å². The number of aromatic nitrogens is 1. The Morgan fingerprint density at radius 3 is 1.71 bits per heavy atom. The van der Waals surface area contributed by atoms with Gasteiger partial charge in [0.1, 0.15) is 4.83 Å². The summed E-state index contributed by atoms with van der Waals surface area (Å²) in [5.41, 5.74) is 13.2. The first kappa shape index (κ1) is 29.5. The molecule has 8 aromatic carbocycles. The van der Waals surface area contributed by atoms with Crippen LogP contribution in [0.15, 0.2) is 194 Å². The van der Waals surface area contributed by atoms with E-state index in [4.69, 9.17) is 0 Å². The summed E-state index contributed by atoms with van der Waals surface area (Å²) in [7, 11) is 0. The molecule has 51 heavy (non-hydrogen) atoms. The maximum atomic E-state index is 2.46. The minimum atomic E-state index is 1.11. The summed E-state index contributed by atoms with van der Waals surface area (Å²) >= 11 is 1.87. The van der Waals surface area contributed by atoms with Gasteiger partial charge in [-0.15, -0.1) is 11.3 Å². The van der Waals surface area contributed by atoms with E-state index in [-0.39, 0.29) is 0 Å². The Morgan fingerprint density at radius 1 is 0.392 bits per heavy atom. The van der Waals surface area contributed by atoms with Gasteiger partial charge in [0.05, 0.1) is 15.7 Å². The van der Waals surface area contributed by atoms with E-state index in [1.54, 1.807) is 0 Å². The van der Waals surface area contributed by atoms with E-state index in [1.807, 2.05) is 11.3 Å². The molecule has 0 aliphatic rings. The van der Waals surface area contributed by atoms with Crippen molar-refractivity contribution in [2.75, 3.05) is 4.90 Å². The molecule has 2 heterocycles. The summed E-state index contributed by atoms with van der Waals surface area (Å²) in [6, 6.07) is 70.3. The fourth-order valence-corrected chi connectivity index (χ4v) is 8.81. The standard InChI is InChI=1S/C48H32N2S/c1-3-12-33(13-4-1)34-22-26-38(27-23-34)49(39-28-24-36(25-29-39)42-20-11-17-35-14-7-8-18-41(35)42)40-30-31-46-45(32-40)50-44-21-10-9-19-43(44)47(48(50)51-46)37-15-5-2-6-16-37/h1-32H. The molecular formula is C48H32N2S. The fourth-order valence-electron chi connectivity index (χ4n) is 7.59. The van der Waals surface area contributed by atoms with Gasteiger partial charge in [0.2, 0.25) is 0 Å². The lowest BCUT2D eigenvalue weighted by Crippen LogP contribution is -2.10. The average molecular weight is 669 g/mol. The van der Waals surface area contributed by atoms with Crippen molar-refractivity contribution in [2.45, 2.75) is 0 Å². The first-order chi connectivity index (χ1) is 25.3. The largest absolute Gasteiger partial charge is 0.310 e. The normalized spacial score (nSPS) is 11.5. The second kappa shape index (κ2) is 12.2. The van der Waals surface area contributed by atoms with Gasteiger partial charge in [0, 0.05) is 28.0 Å². The van der Waals surface area contributed by atoms with Gasteiger partial charge in [-0.3, -0.25) is 4.40 Å². The highest BCUT2D eigenvalue weighted by Gasteiger charge is 2.20. The number of anilines is 3. The zero-order chi connectivity index (χ0) is 33.7. The van der Waals surface area contributed by atoms with Crippen LogP contribution < -0.4 is 4.90 Å². The Hall–Kier alpha value is -6.42. The highest BCUT2D eigenvalue weighted by molar-refractivity contribution is 7.24. The van der Waals surface area contributed by atoms with Gasteiger partial charge in [-0.2, -0.15) is 0 Å². The number of para-hydroxylation sites is 1. The van der Waals surface area contributed by atoms with Crippen LogP contribution in [-0.4, -0.2) is 4.40 Å². The fraction of sp³-hybridized carbons (Fsp3) is 0.